The molecule has 3 N–H and O–H groups in total. The molecule has 2 aromatic carbocycles. The second kappa shape index (κ2) is 9.13. The number of fused-ring (bicyclic) bond motifs is 2. The predicted octanol–water partition coefficient (Wildman–Crippen LogP) is 3.26. The van der Waals surface area contributed by atoms with E-state index in [0.717, 1.165) is 58.7 Å². The summed E-state index contributed by atoms with van der Waals surface area (Å²) in [6, 6.07) is 12.9. The number of anilines is 2. The third kappa shape index (κ3) is 4.46. The number of aromatic nitrogens is 1. The van der Waals surface area contributed by atoms with Crippen LogP contribution in [0.5, 0.6) is 0 Å². The molecule has 2 fully saturated rings. The molecule has 0 bridgehead atoms. The molecule has 4 heterocycles. The van der Waals surface area contributed by atoms with Crippen LogP contribution in [0.25, 0.3) is 10.9 Å². The second-order valence-corrected chi connectivity index (χ2v) is 10.4. The van der Waals surface area contributed by atoms with E-state index in [0.29, 0.717) is 18.3 Å². The molecule has 180 valence electrons. The number of amides is 2. The van der Waals surface area contributed by atoms with Crippen molar-refractivity contribution >= 4 is 45.9 Å². The molecule has 1 aromatic heterocycles. The van der Waals surface area contributed by atoms with Gasteiger partial charge in [0.05, 0.1) is 22.9 Å². The van der Waals surface area contributed by atoms with Gasteiger partial charge in [0.1, 0.15) is 5.82 Å². The lowest BCUT2D eigenvalue weighted by Gasteiger charge is -2.21. The van der Waals surface area contributed by atoms with Gasteiger partial charge in [-0.2, -0.15) is 0 Å². The Balaban J connectivity index is 1.07. The van der Waals surface area contributed by atoms with Gasteiger partial charge in [-0.3, -0.25) is 14.6 Å². The van der Waals surface area contributed by atoms with Crippen molar-refractivity contribution in [2.45, 2.75) is 35.7 Å². The van der Waals surface area contributed by atoms with E-state index in [2.05, 4.69) is 25.8 Å². The van der Waals surface area contributed by atoms with E-state index in [1.165, 1.54) is 17.8 Å². The fourth-order valence-electron chi connectivity index (χ4n) is 5.33. The van der Waals surface area contributed by atoms with Crippen LogP contribution in [0.3, 0.4) is 0 Å². The molecule has 1 unspecified atom stereocenters. The summed E-state index contributed by atoms with van der Waals surface area (Å²) in [5, 5.41) is 10.5. The summed E-state index contributed by atoms with van der Waals surface area (Å²) >= 11 is 1.52. The summed E-state index contributed by atoms with van der Waals surface area (Å²) in [6.07, 6.45) is 3.47. The van der Waals surface area contributed by atoms with Crippen LogP contribution in [0.1, 0.15) is 24.3 Å². The molecule has 3 aromatic rings. The fraction of sp³-hybridized carbons (Fsp3) is 0.346. The minimum absolute atomic E-state index is 0.00638. The number of hydrogen-bond acceptors (Lipinski definition) is 6. The van der Waals surface area contributed by atoms with Crippen LogP contribution in [-0.2, 0) is 9.59 Å². The van der Waals surface area contributed by atoms with Gasteiger partial charge in [-0.05, 0) is 54.8 Å². The number of thioether (sulfide) groups is 1. The maximum Gasteiger partial charge on any atom is 0.234 e. The summed E-state index contributed by atoms with van der Waals surface area (Å²) in [7, 11) is 0. The topological polar surface area (TPSA) is 86.4 Å². The maximum absolute atomic E-state index is 13.8. The Morgan fingerprint density at radius 1 is 1.17 bits per heavy atom. The average Bonchev–Trinajstić information content (AvgIpc) is 3.48. The van der Waals surface area contributed by atoms with Gasteiger partial charge in [0, 0.05) is 53.9 Å². The minimum Gasteiger partial charge on any atom is -0.369 e. The largest absolute Gasteiger partial charge is 0.369 e. The first kappa shape index (κ1) is 22.3. The molecule has 9 heteroatoms. The van der Waals surface area contributed by atoms with Crippen molar-refractivity contribution in [3.05, 3.63) is 60.0 Å². The van der Waals surface area contributed by atoms with Crippen molar-refractivity contribution in [2.24, 2.45) is 0 Å². The van der Waals surface area contributed by atoms with Crippen molar-refractivity contribution in [1.29, 1.82) is 0 Å². The van der Waals surface area contributed by atoms with Gasteiger partial charge >= 0.3 is 0 Å². The van der Waals surface area contributed by atoms with E-state index in [-0.39, 0.29) is 29.6 Å². The van der Waals surface area contributed by atoms with E-state index in [9.17, 15) is 14.0 Å². The third-order valence-corrected chi connectivity index (χ3v) is 8.16. The smallest absolute Gasteiger partial charge is 0.234 e. The zero-order valence-electron chi connectivity index (χ0n) is 19.1. The first-order valence-electron chi connectivity index (χ1n) is 11.9. The lowest BCUT2D eigenvalue weighted by Crippen LogP contribution is -2.41. The normalized spacial score (nSPS) is 23.9. The molecule has 35 heavy (non-hydrogen) atoms. The van der Waals surface area contributed by atoms with Crippen molar-refractivity contribution in [3.63, 3.8) is 0 Å². The highest BCUT2D eigenvalue weighted by molar-refractivity contribution is 8.00. The van der Waals surface area contributed by atoms with Crippen molar-refractivity contribution in [3.8, 4) is 0 Å². The summed E-state index contributed by atoms with van der Waals surface area (Å²) in [5.41, 5.74) is 3.54. The number of pyridine rings is 1. The summed E-state index contributed by atoms with van der Waals surface area (Å²) in [5.74, 6) is -0.0177. The monoisotopic (exact) mass is 491 g/mol. The van der Waals surface area contributed by atoms with E-state index < -0.39 is 0 Å². The third-order valence-electron chi connectivity index (χ3n) is 7.08. The van der Waals surface area contributed by atoms with E-state index in [1.54, 1.807) is 18.3 Å². The Bertz CT molecular complexity index is 1320. The molecule has 0 saturated carbocycles. The van der Waals surface area contributed by atoms with Gasteiger partial charge in [-0.25, -0.2) is 4.39 Å². The summed E-state index contributed by atoms with van der Waals surface area (Å²) in [6.45, 7) is 2.40. The molecule has 7 nitrogen and oxygen atoms in total. The number of carbonyl (C=O) groups is 2. The Kier molecular flexibility index (Phi) is 5.82. The number of rotatable bonds is 5. The number of carbonyl (C=O) groups excluding carboxylic acids is 2. The van der Waals surface area contributed by atoms with Gasteiger partial charge in [0.2, 0.25) is 11.8 Å². The standard InChI is InChI=1S/C26H26FN5O2S/c27-16-2-3-21-20(10-16)23(5-7-28-21)32-8-6-17(13-32)29-12-18-11-19(26(34)30-18)15-1-4-24-22(9-15)31-25(33)14-35-24/h1-5,7,9-10,17-19,29H,6,8,11-14H2,(H,30,34)(H,31,33)/t17-,18?,19-/m1/s1. The number of nitrogens with zero attached hydrogens (tertiary/aromatic N) is 2. The number of halogens is 1. The fourth-order valence-corrected chi connectivity index (χ4v) is 6.11. The maximum atomic E-state index is 13.8. The SMILES string of the molecule is O=C1CSc2ccc([C@H]3CC(CN[C@@H]4CCN(c5ccnc6ccc(F)cc56)C4)NC3=O)cc2N1. The van der Waals surface area contributed by atoms with Crippen LogP contribution in [0.4, 0.5) is 15.8 Å². The highest BCUT2D eigenvalue weighted by atomic mass is 32.2. The zero-order valence-corrected chi connectivity index (χ0v) is 19.9. The highest BCUT2D eigenvalue weighted by Gasteiger charge is 2.34. The molecular weight excluding hydrogens is 465 g/mol. The molecule has 6 rings (SSSR count). The second-order valence-electron chi connectivity index (χ2n) is 9.42. The Labute approximate surface area is 206 Å². The highest BCUT2D eigenvalue weighted by Crippen LogP contribution is 2.36. The van der Waals surface area contributed by atoms with Crippen molar-refractivity contribution in [1.82, 2.24) is 15.6 Å². The molecule has 0 spiro atoms. The zero-order chi connectivity index (χ0) is 23.9. The van der Waals surface area contributed by atoms with Crippen LogP contribution in [0, 0.1) is 5.82 Å². The van der Waals surface area contributed by atoms with Gasteiger partial charge < -0.3 is 20.9 Å². The Morgan fingerprint density at radius 2 is 2.09 bits per heavy atom. The van der Waals surface area contributed by atoms with Gasteiger partial charge in [0.25, 0.3) is 0 Å². The van der Waals surface area contributed by atoms with Crippen LogP contribution >= 0.6 is 11.8 Å². The Hall–Kier alpha value is -3.17. The van der Waals surface area contributed by atoms with Crippen LogP contribution in [0.2, 0.25) is 0 Å². The molecule has 3 aliphatic rings. The minimum atomic E-state index is -0.257. The molecule has 3 aliphatic heterocycles. The molecule has 0 radical (unpaired) electrons. The van der Waals surface area contributed by atoms with Crippen molar-refractivity contribution in [2.75, 3.05) is 35.6 Å². The van der Waals surface area contributed by atoms with E-state index in [1.807, 2.05) is 24.3 Å². The molecule has 3 atom stereocenters. The summed E-state index contributed by atoms with van der Waals surface area (Å²) < 4.78 is 13.8. The van der Waals surface area contributed by atoms with Gasteiger partial charge in [-0.1, -0.05) is 6.07 Å². The number of benzene rings is 2. The van der Waals surface area contributed by atoms with Crippen LogP contribution in [0.15, 0.2) is 53.6 Å². The van der Waals surface area contributed by atoms with E-state index >= 15 is 0 Å². The van der Waals surface area contributed by atoms with Gasteiger partial charge in [-0.15, -0.1) is 11.8 Å². The van der Waals surface area contributed by atoms with E-state index in [4.69, 9.17) is 0 Å². The van der Waals surface area contributed by atoms with Crippen molar-refractivity contribution < 1.29 is 14.0 Å². The number of hydrogen-bond donors (Lipinski definition) is 3. The van der Waals surface area contributed by atoms with Crippen LogP contribution < -0.4 is 20.9 Å². The lowest BCUT2D eigenvalue weighted by atomic mass is 9.95. The molecule has 0 aliphatic carbocycles. The molecule has 2 amide bonds. The predicted molar refractivity (Wildman–Crippen MR) is 135 cm³/mol. The molecular formula is C26H26FN5O2S. The number of nitrogens with one attached hydrogen (secondary N) is 3. The first-order chi connectivity index (χ1) is 17.0. The molecule has 2 saturated heterocycles. The van der Waals surface area contributed by atoms with Gasteiger partial charge in [0.15, 0.2) is 0 Å². The lowest BCUT2D eigenvalue weighted by molar-refractivity contribution is -0.120. The Morgan fingerprint density at radius 3 is 3.00 bits per heavy atom. The first-order valence-corrected chi connectivity index (χ1v) is 12.9. The van der Waals surface area contributed by atoms with Crippen LogP contribution in [-0.4, -0.2) is 54.3 Å². The quantitative estimate of drug-likeness (QED) is 0.508. The summed E-state index contributed by atoms with van der Waals surface area (Å²) in [4.78, 5) is 32.1. The average molecular weight is 492 g/mol.